The van der Waals surface area contributed by atoms with Crippen LogP contribution in [0.4, 0.5) is 0 Å². The number of benzene rings is 2. The fraction of sp³-hybridized carbons (Fsp3) is 0.368. The second-order valence-corrected chi connectivity index (χ2v) is 5.89. The summed E-state index contributed by atoms with van der Waals surface area (Å²) in [6.07, 6.45) is 2.53. The van der Waals surface area contributed by atoms with Crippen molar-refractivity contribution in [2.24, 2.45) is 0 Å². The Labute approximate surface area is 127 Å². The van der Waals surface area contributed by atoms with E-state index >= 15 is 0 Å². The molecule has 2 aromatic carbocycles. The number of ether oxygens (including phenoxy) is 1. The molecule has 0 spiro atoms. The van der Waals surface area contributed by atoms with Gasteiger partial charge in [-0.15, -0.1) is 0 Å². The number of rotatable bonds is 4. The van der Waals surface area contributed by atoms with Gasteiger partial charge in [0.2, 0.25) is 0 Å². The molecular weight excluding hydrogens is 258 g/mol. The smallest absolute Gasteiger partial charge is 0.118 e. The van der Waals surface area contributed by atoms with Gasteiger partial charge in [0.05, 0.1) is 7.11 Å². The number of likely N-dealkylation sites (tertiary alicyclic amines) is 1. The van der Waals surface area contributed by atoms with E-state index in [1.54, 1.807) is 7.11 Å². The van der Waals surface area contributed by atoms with Crippen LogP contribution in [0.2, 0.25) is 0 Å². The first-order chi connectivity index (χ1) is 10.3. The average Bonchev–Trinajstić information content (AvgIpc) is 2.95. The van der Waals surface area contributed by atoms with Crippen molar-refractivity contribution in [1.82, 2.24) is 4.90 Å². The fourth-order valence-corrected chi connectivity index (χ4v) is 3.26. The van der Waals surface area contributed by atoms with E-state index < -0.39 is 0 Å². The van der Waals surface area contributed by atoms with Crippen LogP contribution >= 0.6 is 0 Å². The molecule has 110 valence electrons. The van der Waals surface area contributed by atoms with Crippen molar-refractivity contribution in [3.63, 3.8) is 0 Å². The molecule has 0 aliphatic carbocycles. The molecule has 1 fully saturated rings. The van der Waals surface area contributed by atoms with Crippen molar-refractivity contribution in [2.75, 3.05) is 13.7 Å². The second kappa shape index (κ2) is 6.31. The first-order valence-corrected chi connectivity index (χ1v) is 7.70. The topological polar surface area (TPSA) is 12.5 Å². The maximum atomic E-state index is 5.25. The highest BCUT2D eigenvalue weighted by atomic mass is 16.5. The fourth-order valence-electron chi connectivity index (χ4n) is 3.26. The van der Waals surface area contributed by atoms with Gasteiger partial charge in [0.15, 0.2) is 0 Å². The third kappa shape index (κ3) is 3.27. The minimum atomic E-state index is 0.538. The van der Waals surface area contributed by atoms with Crippen molar-refractivity contribution in [1.29, 1.82) is 0 Å². The van der Waals surface area contributed by atoms with E-state index in [9.17, 15) is 0 Å². The Bertz CT molecular complexity index is 591. The lowest BCUT2D eigenvalue weighted by atomic mass is 10.0. The summed E-state index contributed by atoms with van der Waals surface area (Å²) in [7, 11) is 1.72. The molecule has 2 heteroatoms. The molecular formula is C19H23NO. The second-order valence-electron chi connectivity index (χ2n) is 5.89. The summed E-state index contributed by atoms with van der Waals surface area (Å²) in [5, 5.41) is 0. The largest absolute Gasteiger partial charge is 0.497 e. The van der Waals surface area contributed by atoms with Crippen molar-refractivity contribution in [3.8, 4) is 5.75 Å². The number of methoxy groups -OCH3 is 1. The van der Waals surface area contributed by atoms with Crippen LogP contribution in [0.3, 0.4) is 0 Å². The predicted octanol–water partition coefficient (Wildman–Crippen LogP) is 4.34. The van der Waals surface area contributed by atoms with E-state index in [0.717, 1.165) is 12.3 Å². The van der Waals surface area contributed by atoms with Crippen LogP contribution in [0, 0.1) is 6.92 Å². The summed E-state index contributed by atoms with van der Waals surface area (Å²) in [5.74, 6) is 0.932. The van der Waals surface area contributed by atoms with Crippen LogP contribution in [0.25, 0.3) is 0 Å². The standard InChI is InChI=1S/C19H23NO/c1-15-5-3-6-16(13-15)14-20-12-4-7-19(20)17-8-10-18(21-2)11-9-17/h3,5-6,8-11,13,19H,4,7,12,14H2,1-2H3/t19-/m0/s1. The summed E-state index contributed by atoms with van der Waals surface area (Å²) >= 11 is 0. The van der Waals surface area contributed by atoms with Gasteiger partial charge in [0.1, 0.15) is 5.75 Å². The molecule has 2 nitrogen and oxygen atoms in total. The Morgan fingerprint density at radius 1 is 1.14 bits per heavy atom. The van der Waals surface area contributed by atoms with Crippen LogP contribution in [-0.4, -0.2) is 18.6 Å². The SMILES string of the molecule is COc1ccc([C@@H]2CCCN2Cc2cccc(C)c2)cc1. The van der Waals surface area contributed by atoms with E-state index in [-0.39, 0.29) is 0 Å². The number of hydrogen-bond acceptors (Lipinski definition) is 2. The molecule has 0 unspecified atom stereocenters. The first kappa shape index (κ1) is 14.2. The van der Waals surface area contributed by atoms with Gasteiger partial charge in [-0.25, -0.2) is 0 Å². The van der Waals surface area contributed by atoms with Gasteiger partial charge in [-0.05, 0) is 49.6 Å². The Morgan fingerprint density at radius 2 is 1.95 bits per heavy atom. The summed E-state index contributed by atoms with van der Waals surface area (Å²) < 4.78 is 5.25. The van der Waals surface area contributed by atoms with Crippen molar-refractivity contribution in [3.05, 3.63) is 65.2 Å². The molecule has 0 aromatic heterocycles. The number of aryl methyl sites for hydroxylation is 1. The van der Waals surface area contributed by atoms with Gasteiger partial charge in [0.25, 0.3) is 0 Å². The van der Waals surface area contributed by atoms with E-state index in [0.29, 0.717) is 6.04 Å². The lowest BCUT2D eigenvalue weighted by Crippen LogP contribution is -2.22. The lowest BCUT2D eigenvalue weighted by Gasteiger charge is -2.25. The Balaban J connectivity index is 1.75. The molecule has 0 amide bonds. The number of hydrogen-bond donors (Lipinski definition) is 0. The van der Waals surface area contributed by atoms with Gasteiger partial charge in [-0.1, -0.05) is 42.0 Å². The van der Waals surface area contributed by atoms with E-state index in [1.807, 2.05) is 0 Å². The van der Waals surface area contributed by atoms with Gasteiger partial charge < -0.3 is 4.74 Å². The zero-order valence-corrected chi connectivity index (χ0v) is 12.9. The lowest BCUT2D eigenvalue weighted by molar-refractivity contribution is 0.248. The summed E-state index contributed by atoms with van der Waals surface area (Å²) in [5.41, 5.74) is 4.16. The monoisotopic (exact) mass is 281 g/mol. The predicted molar refractivity (Wildman–Crippen MR) is 86.6 cm³/mol. The van der Waals surface area contributed by atoms with Crippen LogP contribution in [-0.2, 0) is 6.54 Å². The third-order valence-electron chi connectivity index (χ3n) is 4.33. The molecule has 2 aromatic rings. The highest BCUT2D eigenvalue weighted by Gasteiger charge is 2.25. The zero-order chi connectivity index (χ0) is 14.7. The maximum Gasteiger partial charge on any atom is 0.118 e. The average molecular weight is 281 g/mol. The van der Waals surface area contributed by atoms with Crippen LogP contribution < -0.4 is 4.74 Å². The summed E-state index contributed by atoms with van der Waals surface area (Å²) in [6.45, 7) is 4.39. The summed E-state index contributed by atoms with van der Waals surface area (Å²) in [6, 6.07) is 17.9. The molecule has 1 aliphatic heterocycles. The Morgan fingerprint density at radius 3 is 2.67 bits per heavy atom. The van der Waals surface area contributed by atoms with Gasteiger partial charge in [-0.2, -0.15) is 0 Å². The van der Waals surface area contributed by atoms with Crippen LogP contribution in [0.5, 0.6) is 5.75 Å². The van der Waals surface area contributed by atoms with Crippen molar-refractivity contribution in [2.45, 2.75) is 32.4 Å². The minimum Gasteiger partial charge on any atom is -0.497 e. The quantitative estimate of drug-likeness (QED) is 0.826. The van der Waals surface area contributed by atoms with Crippen LogP contribution in [0.1, 0.15) is 35.6 Å². The molecule has 1 atom stereocenters. The van der Waals surface area contributed by atoms with E-state index in [4.69, 9.17) is 4.74 Å². The molecule has 1 heterocycles. The first-order valence-electron chi connectivity index (χ1n) is 7.70. The molecule has 1 saturated heterocycles. The van der Waals surface area contributed by atoms with Gasteiger partial charge in [0, 0.05) is 12.6 Å². The Hall–Kier alpha value is -1.80. The van der Waals surface area contributed by atoms with E-state index in [1.165, 1.54) is 36.1 Å². The minimum absolute atomic E-state index is 0.538. The van der Waals surface area contributed by atoms with Crippen LogP contribution in [0.15, 0.2) is 48.5 Å². The van der Waals surface area contributed by atoms with Crippen molar-refractivity contribution >= 4 is 0 Å². The number of nitrogens with zero attached hydrogens (tertiary/aromatic N) is 1. The molecule has 0 N–H and O–H groups in total. The van der Waals surface area contributed by atoms with Crippen molar-refractivity contribution < 1.29 is 4.74 Å². The zero-order valence-electron chi connectivity index (χ0n) is 12.9. The Kier molecular flexibility index (Phi) is 4.26. The molecule has 0 radical (unpaired) electrons. The molecule has 21 heavy (non-hydrogen) atoms. The van der Waals surface area contributed by atoms with E-state index in [2.05, 4.69) is 60.4 Å². The maximum absolute atomic E-state index is 5.25. The molecule has 1 aliphatic rings. The highest BCUT2D eigenvalue weighted by Crippen LogP contribution is 2.33. The third-order valence-corrected chi connectivity index (χ3v) is 4.33. The highest BCUT2D eigenvalue weighted by molar-refractivity contribution is 5.30. The summed E-state index contributed by atoms with van der Waals surface area (Å²) in [4.78, 5) is 2.59. The van der Waals surface area contributed by atoms with Gasteiger partial charge >= 0.3 is 0 Å². The normalized spacial score (nSPS) is 18.9. The molecule has 0 saturated carbocycles. The van der Waals surface area contributed by atoms with Gasteiger partial charge in [-0.3, -0.25) is 4.90 Å². The molecule has 3 rings (SSSR count). The molecule has 0 bridgehead atoms.